The number of benzene rings is 2. The lowest BCUT2D eigenvalue weighted by Crippen LogP contribution is -2.04. The van der Waals surface area contributed by atoms with Crippen LogP contribution in [0, 0.1) is 29.1 Å². The molecule has 0 radical (unpaired) electrons. The number of halogens is 5. The van der Waals surface area contributed by atoms with E-state index in [0.717, 1.165) is 0 Å². The smallest absolute Gasteiger partial charge is 0.200 e. The third-order valence-corrected chi connectivity index (χ3v) is 3.31. The molecular formula is C16H8F5N. The summed E-state index contributed by atoms with van der Waals surface area (Å²) < 4.78 is 67.7. The van der Waals surface area contributed by atoms with Gasteiger partial charge in [-0.3, -0.25) is 0 Å². The Morgan fingerprint density at radius 1 is 0.591 bits per heavy atom. The van der Waals surface area contributed by atoms with Gasteiger partial charge in [-0.2, -0.15) is 0 Å². The van der Waals surface area contributed by atoms with Crippen molar-refractivity contribution in [1.29, 1.82) is 0 Å². The van der Waals surface area contributed by atoms with E-state index in [2.05, 4.69) is 4.98 Å². The Hall–Kier alpha value is -2.63. The second-order valence-corrected chi connectivity index (χ2v) is 4.59. The number of aromatic nitrogens is 1. The molecule has 1 heterocycles. The summed E-state index contributed by atoms with van der Waals surface area (Å²) in [5.74, 6) is -9.81. The molecule has 0 atom stereocenters. The highest BCUT2D eigenvalue weighted by molar-refractivity contribution is 5.83. The van der Waals surface area contributed by atoms with E-state index in [9.17, 15) is 22.0 Å². The summed E-state index contributed by atoms with van der Waals surface area (Å²) in [6.45, 7) is 0. The van der Waals surface area contributed by atoms with Gasteiger partial charge in [-0.25, -0.2) is 22.0 Å². The minimum atomic E-state index is -2.17. The Bertz CT molecular complexity index is 810. The van der Waals surface area contributed by atoms with Gasteiger partial charge < -0.3 is 4.98 Å². The predicted molar refractivity (Wildman–Crippen MR) is 71.5 cm³/mol. The number of rotatable bonds is 2. The standard InChI is InChI=1S/C16H8F5N/c17-12-11(13(18)15(20)16(21)14(12)19)10-7-22-6-9(10)8-4-2-1-3-5-8/h1-7,22H. The van der Waals surface area contributed by atoms with Crippen LogP contribution in [-0.4, -0.2) is 4.98 Å². The Morgan fingerprint density at radius 3 is 1.68 bits per heavy atom. The van der Waals surface area contributed by atoms with Gasteiger partial charge in [-0.05, 0) is 5.56 Å². The van der Waals surface area contributed by atoms with Crippen molar-refractivity contribution in [2.45, 2.75) is 0 Å². The van der Waals surface area contributed by atoms with Crippen LogP contribution in [0.3, 0.4) is 0 Å². The van der Waals surface area contributed by atoms with E-state index in [1.807, 2.05) is 0 Å². The van der Waals surface area contributed by atoms with Crippen LogP contribution in [0.5, 0.6) is 0 Å². The van der Waals surface area contributed by atoms with E-state index in [4.69, 9.17) is 0 Å². The molecule has 1 aromatic heterocycles. The third-order valence-electron chi connectivity index (χ3n) is 3.31. The van der Waals surface area contributed by atoms with Crippen molar-refractivity contribution in [2.24, 2.45) is 0 Å². The summed E-state index contributed by atoms with van der Waals surface area (Å²) in [6, 6.07) is 8.47. The molecule has 2 aromatic carbocycles. The average molecular weight is 309 g/mol. The molecule has 1 N–H and O–H groups in total. The van der Waals surface area contributed by atoms with Gasteiger partial charge >= 0.3 is 0 Å². The molecular weight excluding hydrogens is 301 g/mol. The van der Waals surface area contributed by atoms with E-state index in [-0.39, 0.29) is 5.56 Å². The van der Waals surface area contributed by atoms with Crippen LogP contribution < -0.4 is 0 Å². The first kappa shape index (κ1) is 14.3. The molecule has 0 bridgehead atoms. The molecule has 0 aliphatic carbocycles. The molecule has 0 saturated heterocycles. The first-order valence-electron chi connectivity index (χ1n) is 6.26. The van der Waals surface area contributed by atoms with Crippen molar-refractivity contribution in [3.05, 3.63) is 71.8 Å². The summed E-state index contributed by atoms with van der Waals surface area (Å²) >= 11 is 0. The Kier molecular flexibility index (Phi) is 3.44. The van der Waals surface area contributed by atoms with E-state index in [1.165, 1.54) is 12.4 Å². The van der Waals surface area contributed by atoms with E-state index in [0.29, 0.717) is 11.1 Å². The topological polar surface area (TPSA) is 15.8 Å². The summed E-state index contributed by atoms with van der Waals surface area (Å²) in [6.07, 6.45) is 2.63. The second-order valence-electron chi connectivity index (χ2n) is 4.59. The third kappa shape index (κ3) is 2.07. The zero-order valence-corrected chi connectivity index (χ0v) is 10.9. The zero-order chi connectivity index (χ0) is 15.9. The van der Waals surface area contributed by atoms with E-state index >= 15 is 0 Å². The van der Waals surface area contributed by atoms with Gasteiger partial charge in [0, 0.05) is 23.5 Å². The van der Waals surface area contributed by atoms with Gasteiger partial charge in [0.25, 0.3) is 0 Å². The monoisotopic (exact) mass is 309 g/mol. The highest BCUT2D eigenvalue weighted by atomic mass is 19.2. The van der Waals surface area contributed by atoms with Gasteiger partial charge in [-0.15, -0.1) is 0 Å². The molecule has 1 nitrogen and oxygen atoms in total. The first-order chi connectivity index (χ1) is 10.5. The van der Waals surface area contributed by atoms with Gasteiger partial charge in [0.2, 0.25) is 5.82 Å². The van der Waals surface area contributed by atoms with Gasteiger partial charge in [-0.1, -0.05) is 30.3 Å². The maximum atomic E-state index is 13.9. The van der Waals surface area contributed by atoms with Crippen molar-refractivity contribution >= 4 is 0 Å². The van der Waals surface area contributed by atoms with Crippen LogP contribution in [0.2, 0.25) is 0 Å². The maximum Gasteiger partial charge on any atom is 0.200 e. The van der Waals surface area contributed by atoms with Crippen molar-refractivity contribution in [3.63, 3.8) is 0 Å². The van der Waals surface area contributed by atoms with Crippen molar-refractivity contribution in [1.82, 2.24) is 4.98 Å². The quantitative estimate of drug-likeness (QED) is 0.387. The zero-order valence-electron chi connectivity index (χ0n) is 10.9. The van der Waals surface area contributed by atoms with Crippen molar-refractivity contribution in [3.8, 4) is 22.3 Å². The van der Waals surface area contributed by atoms with Crippen LogP contribution in [0.15, 0.2) is 42.7 Å². The predicted octanol–water partition coefficient (Wildman–Crippen LogP) is 5.04. The molecule has 0 unspecified atom stereocenters. The normalized spacial score (nSPS) is 11.0. The Morgan fingerprint density at radius 2 is 1.09 bits per heavy atom. The maximum absolute atomic E-state index is 13.9. The minimum absolute atomic E-state index is 0.0981. The van der Waals surface area contributed by atoms with E-state index < -0.39 is 34.6 Å². The Balaban J connectivity index is 2.29. The molecule has 112 valence electrons. The van der Waals surface area contributed by atoms with Crippen LogP contribution in [0.1, 0.15) is 0 Å². The molecule has 6 heteroatoms. The SMILES string of the molecule is Fc1c(F)c(F)c(-c2c[nH]cc2-c2ccccc2)c(F)c1F. The molecule has 0 aliphatic rings. The molecule has 0 fully saturated rings. The molecule has 0 spiro atoms. The lowest BCUT2D eigenvalue weighted by molar-refractivity contribution is 0.381. The van der Waals surface area contributed by atoms with Gasteiger partial charge in [0.1, 0.15) is 0 Å². The Labute approximate surface area is 122 Å². The lowest BCUT2D eigenvalue weighted by atomic mass is 9.98. The summed E-state index contributed by atoms with van der Waals surface area (Å²) in [5, 5.41) is 0. The molecule has 0 aliphatic heterocycles. The second kappa shape index (κ2) is 5.29. The lowest BCUT2D eigenvalue weighted by Gasteiger charge is -2.09. The first-order valence-corrected chi connectivity index (χ1v) is 6.26. The van der Waals surface area contributed by atoms with Crippen molar-refractivity contribution in [2.75, 3.05) is 0 Å². The number of hydrogen-bond acceptors (Lipinski definition) is 0. The average Bonchev–Trinajstić information content (AvgIpc) is 3.01. The number of hydrogen-bond donors (Lipinski definition) is 1. The fraction of sp³-hybridized carbons (Fsp3) is 0. The summed E-state index contributed by atoms with van der Waals surface area (Å²) in [4.78, 5) is 2.63. The van der Waals surface area contributed by atoms with Crippen molar-refractivity contribution < 1.29 is 22.0 Å². The van der Waals surface area contributed by atoms with Crippen LogP contribution in [0.4, 0.5) is 22.0 Å². The van der Waals surface area contributed by atoms with Crippen LogP contribution >= 0.6 is 0 Å². The largest absolute Gasteiger partial charge is 0.366 e. The van der Waals surface area contributed by atoms with Crippen LogP contribution in [0.25, 0.3) is 22.3 Å². The van der Waals surface area contributed by atoms with E-state index in [1.54, 1.807) is 30.3 Å². The highest BCUT2D eigenvalue weighted by Gasteiger charge is 2.28. The molecule has 0 amide bonds. The minimum Gasteiger partial charge on any atom is -0.366 e. The van der Waals surface area contributed by atoms with Gasteiger partial charge in [0.15, 0.2) is 23.3 Å². The molecule has 3 rings (SSSR count). The number of aromatic amines is 1. The fourth-order valence-electron chi connectivity index (χ4n) is 2.27. The molecule has 3 aromatic rings. The fourth-order valence-corrected chi connectivity index (χ4v) is 2.27. The summed E-state index contributed by atoms with van der Waals surface area (Å²) in [7, 11) is 0. The van der Waals surface area contributed by atoms with Gasteiger partial charge in [0.05, 0.1) is 5.56 Å². The highest BCUT2D eigenvalue weighted by Crippen LogP contribution is 2.37. The number of H-pyrrole nitrogens is 1. The molecule has 0 saturated carbocycles. The van der Waals surface area contributed by atoms with Crippen LogP contribution in [-0.2, 0) is 0 Å². The summed E-state index contributed by atoms with van der Waals surface area (Å²) in [5.41, 5.74) is -0.123. The molecule has 22 heavy (non-hydrogen) atoms. The number of nitrogens with one attached hydrogen (secondary N) is 1.